The minimum Gasteiger partial charge on any atom is -0.480 e. The van der Waals surface area contributed by atoms with Crippen molar-refractivity contribution in [2.24, 2.45) is 0 Å². The minimum atomic E-state index is -1.33. The van der Waals surface area contributed by atoms with Gasteiger partial charge in [-0.2, -0.15) is 0 Å². The zero-order valence-corrected chi connectivity index (χ0v) is 12.4. The first-order valence-electron chi connectivity index (χ1n) is 6.10. The van der Waals surface area contributed by atoms with Gasteiger partial charge in [0.05, 0.1) is 6.61 Å². The molecule has 21 heavy (non-hydrogen) atoms. The number of aliphatic hydroxyl groups excluding tert-OH is 1. The number of urea groups is 1. The molecule has 2 amide bonds. The van der Waals surface area contributed by atoms with E-state index in [0.717, 1.165) is 15.2 Å². The summed E-state index contributed by atoms with van der Waals surface area (Å²) in [5.74, 6) is -1.30. The Morgan fingerprint density at radius 2 is 1.81 bits per heavy atom. The monoisotopic (exact) mass is 352 g/mol. The maximum atomic E-state index is 11.7. The third-order valence-electron chi connectivity index (χ3n) is 2.85. The van der Waals surface area contributed by atoms with Gasteiger partial charge in [0.2, 0.25) is 0 Å². The van der Waals surface area contributed by atoms with Crippen LogP contribution in [0, 0.1) is 0 Å². The molecule has 0 fully saturated rings. The van der Waals surface area contributed by atoms with Crippen molar-refractivity contribution in [1.29, 1.82) is 0 Å². The lowest BCUT2D eigenvalue weighted by Crippen LogP contribution is -2.45. The number of anilines is 1. The summed E-state index contributed by atoms with van der Waals surface area (Å²) in [6.07, 6.45) is 0. The van der Waals surface area contributed by atoms with E-state index < -0.39 is 24.6 Å². The predicted molar refractivity (Wildman–Crippen MR) is 82.3 cm³/mol. The molecular weight excluding hydrogens is 340 g/mol. The van der Waals surface area contributed by atoms with Crippen LogP contribution in [0.15, 0.2) is 40.9 Å². The summed E-state index contributed by atoms with van der Waals surface area (Å²) >= 11 is 3.38. The number of rotatable bonds is 4. The number of aliphatic carboxylic acids is 1. The highest BCUT2D eigenvalue weighted by atomic mass is 79.9. The molecule has 0 aliphatic heterocycles. The number of benzene rings is 2. The van der Waals surface area contributed by atoms with Gasteiger partial charge in [0.1, 0.15) is 0 Å². The lowest BCUT2D eigenvalue weighted by atomic mass is 10.1. The van der Waals surface area contributed by atoms with E-state index in [4.69, 9.17) is 10.2 Å². The number of carboxylic acid groups (broad SMARTS) is 1. The van der Waals surface area contributed by atoms with E-state index in [1.165, 1.54) is 0 Å². The average molecular weight is 353 g/mol. The van der Waals surface area contributed by atoms with Gasteiger partial charge in [-0.05, 0) is 35.0 Å². The van der Waals surface area contributed by atoms with Crippen molar-refractivity contribution in [1.82, 2.24) is 5.32 Å². The Labute approximate surface area is 128 Å². The molecule has 0 unspecified atom stereocenters. The number of halogens is 1. The SMILES string of the molecule is O=C(Nc1ccc2cc(Br)ccc2c1)N[C@@H](CO)C(=O)O. The number of amides is 2. The van der Waals surface area contributed by atoms with Crippen molar-refractivity contribution in [3.05, 3.63) is 40.9 Å². The molecular formula is C14H13BrN2O4. The topological polar surface area (TPSA) is 98.7 Å². The highest BCUT2D eigenvalue weighted by Gasteiger charge is 2.18. The Kier molecular flexibility index (Phi) is 4.77. The van der Waals surface area contributed by atoms with E-state index in [0.29, 0.717) is 5.69 Å². The molecule has 110 valence electrons. The first-order chi connectivity index (χ1) is 9.99. The summed E-state index contributed by atoms with van der Waals surface area (Å²) in [6, 6.07) is 9.05. The summed E-state index contributed by atoms with van der Waals surface area (Å²) in [7, 11) is 0. The van der Waals surface area contributed by atoms with Crippen LogP contribution in [-0.2, 0) is 4.79 Å². The van der Waals surface area contributed by atoms with E-state index in [2.05, 4.69) is 26.6 Å². The Morgan fingerprint density at radius 3 is 2.48 bits per heavy atom. The second kappa shape index (κ2) is 6.55. The number of aliphatic hydroxyl groups is 1. The van der Waals surface area contributed by atoms with Crippen molar-refractivity contribution >= 4 is 44.4 Å². The fourth-order valence-electron chi connectivity index (χ4n) is 1.81. The fourth-order valence-corrected chi connectivity index (χ4v) is 2.18. The molecule has 2 rings (SSSR count). The van der Waals surface area contributed by atoms with Gasteiger partial charge in [0, 0.05) is 10.2 Å². The van der Waals surface area contributed by atoms with E-state index in [9.17, 15) is 9.59 Å². The Bertz CT molecular complexity index is 690. The maximum absolute atomic E-state index is 11.7. The Balaban J connectivity index is 2.10. The summed E-state index contributed by atoms with van der Waals surface area (Å²) in [4.78, 5) is 22.4. The predicted octanol–water partition coefficient (Wildman–Crippen LogP) is 2.17. The van der Waals surface area contributed by atoms with E-state index in [1.54, 1.807) is 12.1 Å². The standard InChI is InChI=1S/C14H13BrN2O4/c15-10-3-1-9-6-11(4-2-8(9)5-10)16-14(21)17-12(7-18)13(19)20/h1-6,12,18H,7H2,(H,19,20)(H2,16,17,21)/t12-/m0/s1. The molecule has 0 radical (unpaired) electrons. The van der Waals surface area contributed by atoms with Crippen LogP contribution in [0.5, 0.6) is 0 Å². The molecule has 0 aromatic heterocycles. The molecule has 0 spiro atoms. The van der Waals surface area contributed by atoms with Crippen LogP contribution in [0.4, 0.5) is 10.5 Å². The molecule has 0 saturated heterocycles. The smallest absolute Gasteiger partial charge is 0.328 e. The molecule has 2 aromatic rings. The lowest BCUT2D eigenvalue weighted by molar-refractivity contribution is -0.140. The quantitative estimate of drug-likeness (QED) is 0.677. The first-order valence-corrected chi connectivity index (χ1v) is 6.89. The van der Waals surface area contributed by atoms with Gasteiger partial charge in [-0.3, -0.25) is 0 Å². The highest BCUT2D eigenvalue weighted by Crippen LogP contribution is 2.22. The fraction of sp³-hybridized carbons (Fsp3) is 0.143. The number of carbonyl (C=O) groups is 2. The van der Waals surface area contributed by atoms with Gasteiger partial charge >= 0.3 is 12.0 Å². The summed E-state index contributed by atoms with van der Waals surface area (Å²) in [5.41, 5.74) is 0.532. The number of carboxylic acids is 1. The number of fused-ring (bicyclic) bond motifs is 1. The van der Waals surface area contributed by atoms with E-state index in [-0.39, 0.29) is 0 Å². The zero-order chi connectivity index (χ0) is 15.4. The molecule has 2 aromatic carbocycles. The second-order valence-corrected chi connectivity index (χ2v) is 5.29. The van der Waals surface area contributed by atoms with Gasteiger partial charge in [-0.1, -0.05) is 28.1 Å². The first kappa shape index (κ1) is 15.3. The average Bonchev–Trinajstić information content (AvgIpc) is 2.44. The van der Waals surface area contributed by atoms with Crippen LogP contribution in [0.25, 0.3) is 10.8 Å². The van der Waals surface area contributed by atoms with Crippen LogP contribution in [-0.4, -0.2) is 34.9 Å². The Hall–Kier alpha value is -2.12. The van der Waals surface area contributed by atoms with Crippen molar-refractivity contribution in [2.75, 3.05) is 11.9 Å². The highest BCUT2D eigenvalue weighted by molar-refractivity contribution is 9.10. The molecule has 6 nitrogen and oxygen atoms in total. The van der Waals surface area contributed by atoms with E-state index >= 15 is 0 Å². The number of carbonyl (C=O) groups excluding carboxylic acids is 1. The molecule has 1 atom stereocenters. The lowest BCUT2D eigenvalue weighted by Gasteiger charge is -2.13. The Morgan fingerprint density at radius 1 is 1.14 bits per heavy atom. The molecule has 0 saturated carbocycles. The normalized spacial score (nSPS) is 11.9. The molecule has 7 heteroatoms. The van der Waals surface area contributed by atoms with Crippen LogP contribution in [0.3, 0.4) is 0 Å². The third-order valence-corrected chi connectivity index (χ3v) is 3.34. The van der Waals surface area contributed by atoms with Gasteiger partial charge in [-0.15, -0.1) is 0 Å². The van der Waals surface area contributed by atoms with E-state index in [1.807, 2.05) is 24.3 Å². The van der Waals surface area contributed by atoms with Gasteiger partial charge in [0.15, 0.2) is 6.04 Å². The number of hydrogen-bond donors (Lipinski definition) is 4. The van der Waals surface area contributed by atoms with Crippen molar-refractivity contribution < 1.29 is 19.8 Å². The summed E-state index contributed by atoms with van der Waals surface area (Å²) < 4.78 is 0.959. The second-order valence-electron chi connectivity index (χ2n) is 4.38. The van der Waals surface area contributed by atoms with Crippen LogP contribution in [0.1, 0.15) is 0 Å². The van der Waals surface area contributed by atoms with Crippen molar-refractivity contribution in [3.8, 4) is 0 Å². The van der Waals surface area contributed by atoms with Crippen LogP contribution in [0.2, 0.25) is 0 Å². The van der Waals surface area contributed by atoms with Crippen molar-refractivity contribution in [3.63, 3.8) is 0 Å². The molecule has 4 N–H and O–H groups in total. The molecule has 0 aliphatic carbocycles. The van der Waals surface area contributed by atoms with Crippen LogP contribution < -0.4 is 10.6 Å². The molecule has 0 bridgehead atoms. The molecule has 0 heterocycles. The summed E-state index contributed by atoms with van der Waals surface area (Å²) in [5, 5.41) is 24.2. The maximum Gasteiger partial charge on any atom is 0.328 e. The minimum absolute atomic E-state index is 0.532. The number of hydrogen-bond acceptors (Lipinski definition) is 3. The molecule has 0 aliphatic rings. The largest absolute Gasteiger partial charge is 0.480 e. The third kappa shape index (κ3) is 3.93. The van der Waals surface area contributed by atoms with Crippen LogP contribution >= 0.6 is 15.9 Å². The van der Waals surface area contributed by atoms with Gasteiger partial charge < -0.3 is 20.8 Å². The van der Waals surface area contributed by atoms with Gasteiger partial charge in [0.25, 0.3) is 0 Å². The van der Waals surface area contributed by atoms with Crippen molar-refractivity contribution in [2.45, 2.75) is 6.04 Å². The van der Waals surface area contributed by atoms with Gasteiger partial charge in [-0.25, -0.2) is 9.59 Å². The number of nitrogens with one attached hydrogen (secondary N) is 2. The summed E-state index contributed by atoms with van der Waals surface area (Å²) in [6.45, 7) is -0.672. The zero-order valence-electron chi connectivity index (χ0n) is 10.8.